The second kappa shape index (κ2) is 12.5. The number of ether oxygens (including phenoxy) is 2. The van der Waals surface area contributed by atoms with E-state index in [9.17, 15) is 4.79 Å². The van der Waals surface area contributed by atoms with E-state index >= 15 is 0 Å². The van der Waals surface area contributed by atoms with Crippen LogP contribution < -0.4 is 4.74 Å². The number of piperidine rings is 1. The van der Waals surface area contributed by atoms with Crippen molar-refractivity contribution in [1.29, 1.82) is 0 Å². The maximum Gasteiger partial charge on any atom is 0.165 e. The third-order valence-electron chi connectivity index (χ3n) is 7.97. The average molecular weight is 511 g/mol. The minimum Gasteiger partial charge on any atom is -0.496 e. The van der Waals surface area contributed by atoms with E-state index in [2.05, 4.69) is 29.2 Å². The van der Waals surface area contributed by atoms with Gasteiger partial charge in [-0.25, -0.2) is 0 Å². The molecule has 38 heavy (non-hydrogen) atoms. The summed E-state index contributed by atoms with van der Waals surface area (Å²) in [6, 6.07) is 24.5. The van der Waals surface area contributed by atoms with Crippen molar-refractivity contribution in [2.24, 2.45) is 16.8 Å². The van der Waals surface area contributed by atoms with Gasteiger partial charge in [-0.05, 0) is 73.5 Å². The Morgan fingerprint density at radius 2 is 1.74 bits per heavy atom. The number of hydrogen-bond donors (Lipinski definition) is 0. The first kappa shape index (κ1) is 26.3. The highest BCUT2D eigenvalue weighted by Gasteiger charge is 2.30. The van der Waals surface area contributed by atoms with Crippen molar-refractivity contribution in [2.45, 2.75) is 32.1 Å². The van der Waals surface area contributed by atoms with E-state index in [1.54, 1.807) is 14.2 Å². The molecule has 0 bridgehead atoms. The third kappa shape index (κ3) is 6.06. The minimum atomic E-state index is 0.177. The molecule has 0 aliphatic carbocycles. The number of rotatable bonds is 8. The lowest BCUT2D eigenvalue weighted by Gasteiger charge is -2.35. The first-order valence-electron chi connectivity index (χ1n) is 13.8. The lowest BCUT2D eigenvalue weighted by Crippen LogP contribution is -2.38. The highest BCUT2D eigenvalue weighted by Crippen LogP contribution is 2.37. The van der Waals surface area contributed by atoms with Crippen LogP contribution in [0.1, 0.15) is 48.0 Å². The molecule has 5 nitrogen and oxygen atoms in total. The molecule has 0 N–H and O–H groups in total. The molecule has 2 atom stereocenters. The zero-order valence-corrected chi connectivity index (χ0v) is 22.6. The lowest BCUT2D eigenvalue weighted by atomic mass is 9.80. The number of likely N-dealkylation sites (tertiary alicyclic amines) is 1. The summed E-state index contributed by atoms with van der Waals surface area (Å²) in [7, 11) is 3.49. The minimum absolute atomic E-state index is 0.177. The van der Waals surface area contributed by atoms with E-state index in [0.29, 0.717) is 17.9 Å². The van der Waals surface area contributed by atoms with Crippen molar-refractivity contribution in [3.8, 4) is 16.9 Å². The van der Waals surface area contributed by atoms with Crippen molar-refractivity contribution in [3.63, 3.8) is 0 Å². The Hall–Kier alpha value is -3.28. The van der Waals surface area contributed by atoms with Gasteiger partial charge in [0.1, 0.15) is 5.75 Å². The number of fused-ring (bicyclic) bond motifs is 1. The summed E-state index contributed by atoms with van der Waals surface area (Å²) >= 11 is 0. The Bertz CT molecular complexity index is 1270. The van der Waals surface area contributed by atoms with Crippen LogP contribution in [0.2, 0.25) is 0 Å². The predicted molar refractivity (Wildman–Crippen MR) is 154 cm³/mol. The second-order valence-corrected chi connectivity index (χ2v) is 10.5. The molecule has 5 heteroatoms. The van der Waals surface area contributed by atoms with E-state index in [4.69, 9.17) is 14.5 Å². The average Bonchev–Trinajstić information content (AvgIpc) is 2.97. The van der Waals surface area contributed by atoms with Gasteiger partial charge in [0.15, 0.2) is 5.78 Å². The first-order chi connectivity index (χ1) is 18.7. The van der Waals surface area contributed by atoms with Crippen LogP contribution in [0.15, 0.2) is 77.8 Å². The number of methoxy groups -OCH3 is 2. The molecule has 2 unspecified atom stereocenters. The molecule has 0 radical (unpaired) electrons. The lowest BCUT2D eigenvalue weighted by molar-refractivity contribution is 0.0966. The monoisotopic (exact) mass is 510 g/mol. The first-order valence-corrected chi connectivity index (χ1v) is 13.8. The number of ketones is 1. The Morgan fingerprint density at radius 1 is 0.921 bits per heavy atom. The molecule has 0 spiro atoms. The fourth-order valence-corrected chi connectivity index (χ4v) is 6.00. The zero-order chi connectivity index (χ0) is 26.3. The van der Waals surface area contributed by atoms with Crippen LogP contribution in [-0.2, 0) is 4.74 Å². The topological polar surface area (TPSA) is 51.1 Å². The van der Waals surface area contributed by atoms with Gasteiger partial charge in [0.25, 0.3) is 0 Å². The highest BCUT2D eigenvalue weighted by atomic mass is 16.5. The Kier molecular flexibility index (Phi) is 8.67. The molecule has 1 saturated heterocycles. The molecule has 0 amide bonds. The predicted octanol–water partition coefficient (Wildman–Crippen LogP) is 6.82. The van der Waals surface area contributed by atoms with Crippen molar-refractivity contribution in [2.75, 3.05) is 40.5 Å². The number of hydrogen-bond acceptors (Lipinski definition) is 5. The molecule has 0 aromatic heterocycles. The normalized spacial score (nSPS) is 20.3. The largest absolute Gasteiger partial charge is 0.496 e. The van der Waals surface area contributed by atoms with Gasteiger partial charge in [0.05, 0.1) is 25.1 Å². The molecule has 3 aromatic carbocycles. The van der Waals surface area contributed by atoms with Gasteiger partial charge in [-0.15, -0.1) is 0 Å². The summed E-state index contributed by atoms with van der Waals surface area (Å²) < 4.78 is 11.1. The third-order valence-corrected chi connectivity index (χ3v) is 7.97. The molecular formula is C33H38N2O3. The van der Waals surface area contributed by atoms with Gasteiger partial charge >= 0.3 is 0 Å². The molecule has 198 valence electrons. The van der Waals surface area contributed by atoms with Crippen LogP contribution in [-0.4, -0.2) is 56.9 Å². The summed E-state index contributed by atoms with van der Waals surface area (Å²) in [5.41, 5.74) is 5.68. The van der Waals surface area contributed by atoms with Crippen molar-refractivity contribution >= 4 is 17.2 Å². The summed E-state index contributed by atoms with van der Waals surface area (Å²) in [6.45, 7) is 3.94. The molecule has 5 rings (SSSR count). The SMILES string of the molecule is COCCN1CCCC(CC2CCC(=O)c3cc(-c4ccccc4)ccc3N=C2c2ccccc2OC)C1. The summed E-state index contributed by atoms with van der Waals surface area (Å²) in [5, 5.41) is 0. The van der Waals surface area contributed by atoms with Crippen LogP contribution in [0, 0.1) is 11.8 Å². The van der Waals surface area contributed by atoms with Crippen LogP contribution in [0.5, 0.6) is 5.75 Å². The van der Waals surface area contributed by atoms with E-state index in [1.165, 1.54) is 12.8 Å². The van der Waals surface area contributed by atoms with Crippen LogP contribution in [0.4, 0.5) is 5.69 Å². The summed E-state index contributed by atoms with van der Waals surface area (Å²) in [6.07, 6.45) is 4.74. The molecule has 0 saturated carbocycles. The second-order valence-electron chi connectivity index (χ2n) is 10.5. The van der Waals surface area contributed by atoms with E-state index in [0.717, 1.165) is 72.9 Å². The van der Waals surface area contributed by atoms with E-state index in [-0.39, 0.29) is 11.7 Å². The maximum absolute atomic E-state index is 13.5. The Morgan fingerprint density at radius 3 is 2.55 bits per heavy atom. The molecule has 2 heterocycles. The standard InChI is InChI=1S/C33H38N2O3/c1-37-20-19-35-18-8-9-24(23-35)21-27-15-17-31(36)29-22-26(25-10-4-3-5-11-25)14-16-30(29)34-33(27)28-12-6-7-13-32(28)38-2/h3-7,10-14,16,22,24,27H,8-9,15,17-21,23H2,1-2H3. The van der Waals surface area contributed by atoms with E-state index in [1.807, 2.05) is 48.5 Å². The molecule has 3 aromatic rings. The van der Waals surface area contributed by atoms with Gasteiger partial charge in [-0.3, -0.25) is 9.79 Å². The summed E-state index contributed by atoms with van der Waals surface area (Å²) in [4.78, 5) is 21.3. The Labute approximate surface area is 226 Å². The number of nitrogens with zero attached hydrogens (tertiary/aromatic N) is 2. The van der Waals surface area contributed by atoms with Crippen LogP contribution in [0.3, 0.4) is 0 Å². The number of Topliss-reactive ketones (excluding diaryl/α,β-unsaturated/α-hetero) is 1. The highest BCUT2D eigenvalue weighted by molar-refractivity contribution is 6.10. The molecule has 2 aliphatic rings. The smallest absolute Gasteiger partial charge is 0.165 e. The van der Waals surface area contributed by atoms with Crippen molar-refractivity contribution < 1.29 is 14.3 Å². The van der Waals surface area contributed by atoms with E-state index < -0.39 is 0 Å². The number of benzene rings is 3. The van der Waals surface area contributed by atoms with Gasteiger partial charge < -0.3 is 14.4 Å². The van der Waals surface area contributed by atoms with Crippen LogP contribution >= 0.6 is 0 Å². The van der Waals surface area contributed by atoms with Gasteiger partial charge in [0, 0.05) is 43.7 Å². The van der Waals surface area contributed by atoms with Crippen molar-refractivity contribution in [3.05, 3.63) is 83.9 Å². The number of para-hydroxylation sites is 1. The molecular weight excluding hydrogens is 472 g/mol. The summed E-state index contributed by atoms with van der Waals surface area (Å²) in [5.74, 6) is 1.76. The zero-order valence-electron chi connectivity index (χ0n) is 22.6. The van der Waals surface area contributed by atoms with Gasteiger partial charge in [-0.2, -0.15) is 0 Å². The molecule has 1 fully saturated rings. The number of carbonyl (C=O) groups excluding carboxylic acids is 1. The number of aliphatic imine (C=N–C) groups is 1. The van der Waals surface area contributed by atoms with Crippen LogP contribution in [0.25, 0.3) is 11.1 Å². The van der Waals surface area contributed by atoms with Crippen molar-refractivity contribution in [1.82, 2.24) is 4.90 Å². The number of carbonyl (C=O) groups is 1. The quantitative estimate of drug-likeness (QED) is 0.333. The fraction of sp³-hybridized carbons (Fsp3) is 0.394. The molecule has 2 aliphatic heterocycles. The van der Waals surface area contributed by atoms with Gasteiger partial charge in [0.2, 0.25) is 0 Å². The van der Waals surface area contributed by atoms with Gasteiger partial charge in [-0.1, -0.05) is 48.5 Å². The fourth-order valence-electron chi connectivity index (χ4n) is 6.00. The maximum atomic E-state index is 13.5. The Balaban J connectivity index is 1.52.